The summed E-state index contributed by atoms with van der Waals surface area (Å²) in [5.74, 6) is 0. The van der Waals surface area contributed by atoms with Crippen LogP contribution in [-0.2, 0) is 6.54 Å². The lowest BCUT2D eigenvalue weighted by molar-refractivity contribution is 0.151. The average molecular weight is 389 g/mol. The quantitative estimate of drug-likeness (QED) is 0.664. The molecule has 0 saturated carbocycles. The van der Waals surface area contributed by atoms with Crippen molar-refractivity contribution in [2.45, 2.75) is 38.8 Å². The predicted molar refractivity (Wildman–Crippen MR) is 109 cm³/mol. The van der Waals surface area contributed by atoms with Crippen LogP contribution >= 0.6 is 23.2 Å². The number of likely N-dealkylation sites (tertiary alicyclic amines) is 1. The normalized spacial score (nSPS) is 18.5. The van der Waals surface area contributed by atoms with Crippen molar-refractivity contribution in [3.63, 3.8) is 0 Å². The number of rotatable bonds is 3. The molecule has 2 aromatic heterocycles. The standard InChI is InChI=1S/C20H22Cl2N4/c1-13-4-2-3-9-25(13)12-18-20(16-7-5-14(21)10-17(16)22)24-19-8-6-15(23)11-26(18)19/h5-8,10-11,13H,2-4,9,12,23H2,1H3. The highest BCUT2D eigenvalue weighted by molar-refractivity contribution is 6.36. The molecule has 3 aromatic rings. The van der Waals surface area contributed by atoms with Crippen LogP contribution in [-0.4, -0.2) is 26.9 Å². The molecule has 3 heterocycles. The monoisotopic (exact) mass is 388 g/mol. The Hall–Kier alpha value is -1.75. The number of halogens is 2. The number of nitrogens with zero attached hydrogens (tertiary/aromatic N) is 3. The summed E-state index contributed by atoms with van der Waals surface area (Å²) in [6.45, 7) is 4.22. The summed E-state index contributed by atoms with van der Waals surface area (Å²) in [6.07, 6.45) is 5.71. The van der Waals surface area contributed by atoms with E-state index in [-0.39, 0.29) is 0 Å². The first kappa shape index (κ1) is 17.7. The molecule has 1 fully saturated rings. The summed E-state index contributed by atoms with van der Waals surface area (Å²) in [5.41, 5.74) is 10.6. The summed E-state index contributed by atoms with van der Waals surface area (Å²) in [6, 6.07) is 9.95. The fourth-order valence-electron chi connectivity index (χ4n) is 3.74. The molecule has 4 rings (SSSR count). The third kappa shape index (κ3) is 3.29. The van der Waals surface area contributed by atoms with Crippen molar-refractivity contribution in [3.05, 3.63) is 52.3 Å². The van der Waals surface area contributed by atoms with Crippen molar-refractivity contribution in [1.82, 2.24) is 14.3 Å². The van der Waals surface area contributed by atoms with Gasteiger partial charge in [-0.05, 0) is 56.6 Å². The molecule has 1 atom stereocenters. The highest BCUT2D eigenvalue weighted by atomic mass is 35.5. The smallest absolute Gasteiger partial charge is 0.137 e. The van der Waals surface area contributed by atoms with Crippen LogP contribution in [0.5, 0.6) is 0 Å². The summed E-state index contributed by atoms with van der Waals surface area (Å²) >= 11 is 12.6. The second-order valence-corrected chi connectivity index (χ2v) is 7.88. The zero-order chi connectivity index (χ0) is 18.3. The molecule has 1 unspecified atom stereocenters. The molecule has 0 bridgehead atoms. The highest BCUT2D eigenvalue weighted by Gasteiger charge is 2.23. The van der Waals surface area contributed by atoms with E-state index < -0.39 is 0 Å². The largest absolute Gasteiger partial charge is 0.398 e. The van der Waals surface area contributed by atoms with Crippen molar-refractivity contribution in [2.24, 2.45) is 0 Å². The lowest BCUT2D eigenvalue weighted by Crippen LogP contribution is -2.37. The van der Waals surface area contributed by atoms with Gasteiger partial charge < -0.3 is 10.1 Å². The number of fused-ring (bicyclic) bond motifs is 1. The number of hydrogen-bond acceptors (Lipinski definition) is 3. The fourth-order valence-corrected chi connectivity index (χ4v) is 4.24. The molecule has 1 aliphatic heterocycles. The molecule has 0 radical (unpaired) electrons. The Morgan fingerprint density at radius 2 is 2.04 bits per heavy atom. The van der Waals surface area contributed by atoms with Crippen LogP contribution in [0.1, 0.15) is 31.9 Å². The van der Waals surface area contributed by atoms with Crippen LogP contribution in [0.2, 0.25) is 10.0 Å². The maximum absolute atomic E-state index is 6.49. The molecule has 2 N–H and O–H groups in total. The number of anilines is 1. The molecular weight excluding hydrogens is 367 g/mol. The average Bonchev–Trinajstić information content (AvgIpc) is 2.94. The van der Waals surface area contributed by atoms with Crippen LogP contribution in [0.25, 0.3) is 16.9 Å². The Balaban J connectivity index is 1.86. The topological polar surface area (TPSA) is 46.6 Å². The van der Waals surface area contributed by atoms with E-state index in [0.29, 0.717) is 16.1 Å². The van der Waals surface area contributed by atoms with Gasteiger partial charge in [0.25, 0.3) is 0 Å². The minimum absolute atomic E-state index is 0.559. The SMILES string of the molecule is CC1CCCCN1Cc1c(-c2ccc(Cl)cc2Cl)nc2ccc(N)cn12. The zero-order valence-electron chi connectivity index (χ0n) is 14.8. The first-order chi connectivity index (χ1) is 12.5. The van der Waals surface area contributed by atoms with Gasteiger partial charge in [-0.25, -0.2) is 4.98 Å². The van der Waals surface area contributed by atoms with Crippen molar-refractivity contribution < 1.29 is 0 Å². The zero-order valence-corrected chi connectivity index (χ0v) is 16.3. The van der Waals surface area contributed by atoms with Gasteiger partial charge in [0.1, 0.15) is 5.65 Å². The first-order valence-corrected chi connectivity index (χ1v) is 9.74. The maximum Gasteiger partial charge on any atom is 0.137 e. The summed E-state index contributed by atoms with van der Waals surface area (Å²) in [7, 11) is 0. The molecule has 136 valence electrons. The molecule has 1 saturated heterocycles. The second-order valence-electron chi connectivity index (χ2n) is 7.04. The van der Waals surface area contributed by atoms with Crippen LogP contribution in [0.3, 0.4) is 0 Å². The number of imidazole rings is 1. The van der Waals surface area contributed by atoms with Gasteiger partial charge in [-0.2, -0.15) is 0 Å². The molecule has 0 spiro atoms. The Morgan fingerprint density at radius 1 is 1.19 bits per heavy atom. The number of aromatic nitrogens is 2. The molecule has 0 amide bonds. The van der Waals surface area contributed by atoms with Crippen LogP contribution in [0.4, 0.5) is 5.69 Å². The lowest BCUT2D eigenvalue weighted by Gasteiger charge is -2.33. The molecular formula is C20H22Cl2N4. The van der Waals surface area contributed by atoms with E-state index in [4.69, 9.17) is 33.9 Å². The molecule has 4 nitrogen and oxygen atoms in total. The van der Waals surface area contributed by atoms with Gasteiger partial charge in [-0.3, -0.25) is 4.90 Å². The third-order valence-corrected chi connectivity index (χ3v) is 5.77. The Bertz CT molecular complexity index is 950. The van der Waals surface area contributed by atoms with Gasteiger partial charge in [-0.1, -0.05) is 29.6 Å². The van der Waals surface area contributed by atoms with Crippen molar-refractivity contribution >= 4 is 34.5 Å². The molecule has 1 aliphatic rings. The minimum Gasteiger partial charge on any atom is -0.398 e. The number of hydrogen-bond donors (Lipinski definition) is 1. The number of nitrogen functional groups attached to an aromatic ring is 1. The van der Waals surface area contributed by atoms with Crippen molar-refractivity contribution in [3.8, 4) is 11.3 Å². The van der Waals surface area contributed by atoms with Crippen LogP contribution in [0, 0.1) is 0 Å². The molecule has 0 aliphatic carbocycles. The number of piperidine rings is 1. The summed E-state index contributed by atoms with van der Waals surface area (Å²) < 4.78 is 2.09. The predicted octanol–water partition coefficient (Wildman–Crippen LogP) is 5.26. The van der Waals surface area contributed by atoms with Crippen molar-refractivity contribution in [2.75, 3.05) is 12.3 Å². The Labute approximate surface area is 163 Å². The Morgan fingerprint density at radius 3 is 2.81 bits per heavy atom. The van der Waals surface area contributed by atoms with Gasteiger partial charge in [-0.15, -0.1) is 0 Å². The number of nitrogens with two attached hydrogens (primary N) is 1. The van der Waals surface area contributed by atoms with E-state index in [2.05, 4.69) is 16.2 Å². The van der Waals surface area contributed by atoms with Gasteiger partial charge in [0.2, 0.25) is 0 Å². The third-order valence-electron chi connectivity index (χ3n) is 5.22. The maximum atomic E-state index is 6.49. The van der Waals surface area contributed by atoms with Gasteiger partial charge >= 0.3 is 0 Å². The minimum atomic E-state index is 0.559. The van der Waals surface area contributed by atoms with Crippen LogP contribution in [0.15, 0.2) is 36.5 Å². The molecule has 26 heavy (non-hydrogen) atoms. The lowest BCUT2D eigenvalue weighted by atomic mass is 10.0. The Kier molecular flexibility index (Phi) is 4.82. The summed E-state index contributed by atoms with van der Waals surface area (Å²) in [5, 5.41) is 1.24. The van der Waals surface area contributed by atoms with Crippen LogP contribution < -0.4 is 5.73 Å². The number of pyridine rings is 1. The van der Waals surface area contributed by atoms with E-state index in [0.717, 1.165) is 41.4 Å². The van der Waals surface area contributed by atoms with Gasteiger partial charge in [0.05, 0.1) is 16.4 Å². The van der Waals surface area contributed by atoms with Gasteiger partial charge in [0, 0.05) is 35.1 Å². The molecule has 1 aromatic carbocycles. The van der Waals surface area contributed by atoms with E-state index in [1.54, 1.807) is 6.07 Å². The van der Waals surface area contributed by atoms with E-state index in [1.807, 2.05) is 30.5 Å². The fraction of sp³-hybridized carbons (Fsp3) is 0.350. The molecule has 6 heteroatoms. The second kappa shape index (κ2) is 7.10. The highest BCUT2D eigenvalue weighted by Crippen LogP contribution is 2.34. The van der Waals surface area contributed by atoms with E-state index in [1.165, 1.54) is 19.3 Å². The number of benzene rings is 1. The van der Waals surface area contributed by atoms with Crippen molar-refractivity contribution in [1.29, 1.82) is 0 Å². The van der Waals surface area contributed by atoms with E-state index >= 15 is 0 Å². The first-order valence-electron chi connectivity index (χ1n) is 8.99. The summed E-state index contributed by atoms with van der Waals surface area (Å²) in [4.78, 5) is 7.38. The van der Waals surface area contributed by atoms with E-state index in [9.17, 15) is 0 Å². The van der Waals surface area contributed by atoms with Gasteiger partial charge in [0.15, 0.2) is 0 Å².